The van der Waals surface area contributed by atoms with Gasteiger partial charge in [0.1, 0.15) is 10.6 Å². The van der Waals surface area contributed by atoms with E-state index in [-0.39, 0.29) is 6.61 Å². The average molecular weight is 455 g/mol. The molecule has 1 heterocycles. The van der Waals surface area contributed by atoms with Crippen LogP contribution < -0.4 is 10.6 Å². The van der Waals surface area contributed by atoms with E-state index in [0.29, 0.717) is 21.3 Å². The predicted octanol–water partition coefficient (Wildman–Crippen LogP) is 6.77. The molecule has 0 aliphatic heterocycles. The van der Waals surface area contributed by atoms with Crippen molar-refractivity contribution in [2.45, 2.75) is 32.6 Å². The molecule has 2 aromatic carbocycles. The first kappa shape index (κ1) is 21.4. The van der Waals surface area contributed by atoms with Gasteiger partial charge in [0.25, 0.3) is 0 Å². The van der Waals surface area contributed by atoms with Crippen molar-refractivity contribution in [1.82, 2.24) is 0 Å². The van der Waals surface area contributed by atoms with Crippen LogP contribution in [-0.4, -0.2) is 18.6 Å². The molecule has 160 valence electrons. The Morgan fingerprint density at radius 1 is 1.03 bits per heavy atom. The normalized spacial score (nSPS) is 12.7. The number of benzene rings is 2. The molecule has 1 aliphatic carbocycles. The minimum atomic E-state index is -0.446. The largest absolute Gasteiger partial charge is 0.462 e. The van der Waals surface area contributed by atoms with Crippen molar-refractivity contribution in [2.75, 3.05) is 17.2 Å². The van der Waals surface area contributed by atoms with E-state index in [1.54, 1.807) is 31.2 Å². The number of ether oxygens (including phenoxy) is 1. The van der Waals surface area contributed by atoms with Crippen molar-refractivity contribution in [3.05, 3.63) is 69.6 Å². The summed E-state index contributed by atoms with van der Waals surface area (Å²) in [6.45, 7) is 2.03. The Labute approximate surface area is 190 Å². The average Bonchev–Trinajstić information content (AvgIpc) is 3.18. The lowest BCUT2D eigenvalue weighted by molar-refractivity contribution is 0.0529. The number of aryl methyl sites for hydroxylation is 2. The zero-order valence-electron chi connectivity index (χ0n) is 17.2. The summed E-state index contributed by atoms with van der Waals surface area (Å²) in [5, 5.41) is 8.49. The number of fused-ring (bicyclic) bond motifs is 1. The first-order valence-electron chi connectivity index (χ1n) is 10.3. The van der Waals surface area contributed by atoms with Crippen molar-refractivity contribution >= 4 is 45.6 Å². The van der Waals surface area contributed by atoms with Crippen LogP contribution in [0, 0.1) is 0 Å². The number of rotatable bonds is 5. The molecule has 0 atom stereocenters. The van der Waals surface area contributed by atoms with E-state index in [0.717, 1.165) is 24.0 Å². The van der Waals surface area contributed by atoms with Crippen LogP contribution in [0.3, 0.4) is 0 Å². The van der Waals surface area contributed by atoms with E-state index >= 15 is 0 Å². The maximum atomic E-state index is 12.8. The first-order chi connectivity index (χ1) is 15.0. The number of halogens is 1. The van der Waals surface area contributed by atoms with E-state index < -0.39 is 12.0 Å². The molecule has 7 heteroatoms. The lowest BCUT2D eigenvalue weighted by Gasteiger charge is -2.17. The Balaban J connectivity index is 1.62. The van der Waals surface area contributed by atoms with Gasteiger partial charge in [-0.05, 0) is 73.6 Å². The second kappa shape index (κ2) is 9.54. The Hall–Kier alpha value is -2.83. The number of anilines is 2. The van der Waals surface area contributed by atoms with Gasteiger partial charge in [0, 0.05) is 21.7 Å². The third kappa shape index (κ3) is 4.92. The molecule has 1 aliphatic rings. The first-order valence-corrected chi connectivity index (χ1v) is 11.5. The van der Waals surface area contributed by atoms with Gasteiger partial charge in [0.05, 0.1) is 6.61 Å². The number of urea groups is 1. The van der Waals surface area contributed by atoms with Gasteiger partial charge >= 0.3 is 12.0 Å². The maximum absolute atomic E-state index is 12.8. The number of nitrogens with one attached hydrogen (secondary N) is 2. The smallest absolute Gasteiger partial charge is 0.341 e. The Kier molecular flexibility index (Phi) is 6.59. The molecule has 0 bridgehead atoms. The van der Waals surface area contributed by atoms with Crippen LogP contribution in [0.25, 0.3) is 11.1 Å². The summed E-state index contributed by atoms with van der Waals surface area (Å²) in [6, 6.07) is 12.7. The van der Waals surface area contributed by atoms with Crippen LogP contribution in [-0.2, 0) is 17.6 Å². The molecule has 0 fully saturated rings. The molecule has 1 aromatic heterocycles. The quantitative estimate of drug-likeness (QED) is 0.418. The molecule has 0 unspecified atom stereocenters. The van der Waals surface area contributed by atoms with Gasteiger partial charge in [-0.3, -0.25) is 5.32 Å². The molecule has 0 spiro atoms. The van der Waals surface area contributed by atoms with Crippen LogP contribution in [0.4, 0.5) is 15.5 Å². The van der Waals surface area contributed by atoms with E-state index in [1.165, 1.54) is 35.3 Å². The lowest BCUT2D eigenvalue weighted by atomic mass is 9.89. The molecule has 2 amide bonds. The van der Waals surface area contributed by atoms with E-state index in [9.17, 15) is 9.59 Å². The Morgan fingerprint density at radius 2 is 1.77 bits per heavy atom. The number of hydrogen-bond donors (Lipinski definition) is 2. The van der Waals surface area contributed by atoms with Crippen molar-refractivity contribution in [3.63, 3.8) is 0 Å². The van der Waals surface area contributed by atoms with Crippen LogP contribution in [0.1, 0.15) is 41.3 Å². The van der Waals surface area contributed by atoms with Crippen molar-refractivity contribution in [2.24, 2.45) is 0 Å². The highest BCUT2D eigenvalue weighted by atomic mass is 35.5. The van der Waals surface area contributed by atoms with Crippen LogP contribution in [0.15, 0.2) is 47.8 Å². The number of carbonyl (C=O) groups excluding carboxylic acids is 2. The van der Waals surface area contributed by atoms with Gasteiger partial charge in [-0.15, -0.1) is 11.3 Å². The third-order valence-electron chi connectivity index (χ3n) is 5.26. The standard InChI is InChI=1S/C24H23ClN2O3S/c1-2-30-23(28)21-20(17-8-7-15-5-3-4-6-16(15)13-17)14-31-22(21)27-24(29)26-19-11-9-18(25)10-12-19/h7-14H,2-6H2,1H3,(H2,26,27,29). The van der Waals surface area contributed by atoms with Crippen molar-refractivity contribution in [1.29, 1.82) is 0 Å². The Morgan fingerprint density at radius 3 is 2.52 bits per heavy atom. The third-order valence-corrected chi connectivity index (χ3v) is 6.41. The van der Waals surface area contributed by atoms with Crippen molar-refractivity contribution < 1.29 is 14.3 Å². The van der Waals surface area contributed by atoms with Gasteiger partial charge in [0.2, 0.25) is 0 Å². The van der Waals surface area contributed by atoms with Gasteiger partial charge in [-0.1, -0.05) is 29.8 Å². The SMILES string of the molecule is CCOC(=O)c1c(-c2ccc3c(c2)CCCC3)csc1NC(=O)Nc1ccc(Cl)cc1. The molecule has 4 rings (SSSR count). The highest BCUT2D eigenvalue weighted by molar-refractivity contribution is 7.15. The predicted molar refractivity (Wildman–Crippen MR) is 126 cm³/mol. The fourth-order valence-electron chi connectivity index (χ4n) is 3.77. The minimum Gasteiger partial charge on any atom is -0.462 e. The van der Waals surface area contributed by atoms with Crippen molar-refractivity contribution in [3.8, 4) is 11.1 Å². The van der Waals surface area contributed by atoms with Gasteiger partial charge in [-0.2, -0.15) is 0 Å². The molecular formula is C24H23ClN2O3S. The second-order valence-electron chi connectivity index (χ2n) is 7.35. The zero-order chi connectivity index (χ0) is 21.8. The summed E-state index contributed by atoms with van der Waals surface area (Å²) >= 11 is 7.20. The zero-order valence-corrected chi connectivity index (χ0v) is 18.7. The minimum absolute atomic E-state index is 0.259. The molecule has 2 N–H and O–H groups in total. The fourth-order valence-corrected chi connectivity index (χ4v) is 4.85. The number of carbonyl (C=O) groups is 2. The topological polar surface area (TPSA) is 67.4 Å². The summed E-state index contributed by atoms with van der Waals surface area (Å²) in [7, 11) is 0. The number of hydrogen-bond acceptors (Lipinski definition) is 4. The van der Waals surface area contributed by atoms with E-state index in [4.69, 9.17) is 16.3 Å². The number of esters is 1. The summed E-state index contributed by atoms with van der Waals surface area (Å²) in [6.07, 6.45) is 4.55. The Bertz CT molecular complexity index is 1110. The van der Waals surface area contributed by atoms with Gasteiger partial charge in [0.15, 0.2) is 0 Å². The summed E-state index contributed by atoms with van der Waals surface area (Å²) < 4.78 is 5.30. The van der Waals surface area contributed by atoms with E-state index in [1.807, 2.05) is 11.4 Å². The summed E-state index contributed by atoms with van der Waals surface area (Å²) in [4.78, 5) is 25.3. The summed E-state index contributed by atoms with van der Waals surface area (Å²) in [5.74, 6) is -0.446. The van der Waals surface area contributed by atoms with Gasteiger partial charge in [-0.25, -0.2) is 9.59 Å². The molecular weight excluding hydrogens is 432 g/mol. The molecule has 0 saturated heterocycles. The maximum Gasteiger partial charge on any atom is 0.341 e. The monoisotopic (exact) mass is 454 g/mol. The number of amides is 2. The van der Waals surface area contributed by atoms with E-state index in [2.05, 4.69) is 22.8 Å². The lowest BCUT2D eigenvalue weighted by Crippen LogP contribution is -2.20. The van der Waals surface area contributed by atoms with Crippen LogP contribution in [0.5, 0.6) is 0 Å². The fraction of sp³-hybridized carbons (Fsp3) is 0.250. The molecule has 3 aromatic rings. The van der Waals surface area contributed by atoms with Gasteiger partial charge < -0.3 is 10.1 Å². The van der Waals surface area contributed by atoms with Crippen LogP contribution in [0.2, 0.25) is 5.02 Å². The molecule has 0 saturated carbocycles. The molecule has 0 radical (unpaired) electrons. The highest BCUT2D eigenvalue weighted by Gasteiger charge is 2.23. The summed E-state index contributed by atoms with van der Waals surface area (Å²) in [5.41, 5.74) is 5.44. The number of thiophene rings is 1. The highest BCUT2D eigenvalue weighted by Crippen LogP contribution is 2.38. The molecule has 5 nitrogen and oxygen atoms in total. The molecule has 31 heavy (non-hydrogen) atoms. The van der Waals surface area contributed by atoms with Crippen LogP contribution >= 0.6 is 22.9 Å². The second-order valence-corrected chi connectivity index (χ2v) is 8.67.